The van der Waals surface area contributed by atoms with Crippen LogP contribution in [-0.2, 0) is 23.8 Å². The molecule has 0 aliphatic heterocycles. The van der Waals surface area contributed by atoms with Gasteiger partial charge in [0.25, 0.3) is 0 Å². The van der Waals surface area contributed by atoms with Crippen LogP contribution < -0.4 is 0 Å². The van der Waals surface area contributed by atoms with Crippen LogP contribution >= 0.6 is 0 Å². The Morgan fingerprint density at radius 1 is 0.780 bits per heavy atom. The normalized spacial score (nSPS) is 29.3. The zero-order valence-corrected chi connectivity index (χ0v) is 26.1. The smallest absolute Gasteiger partial charge is 0.335 e. The number of aliphatic hydroxyl groups excluding tert-OH is 1. The Kier molecular flexibility index (Phi) is 14.9. The largest absolute Gasteiger partial charge is 0.462 e. The standard InChI is InChI=1S/C35H58O6/c1-5-6-7-8-27-9-13-29(14-10-27)30-17-19-33(20-18-30)39-22-28-11-15-31(16-12-28)32(23-40-34(37)25(2)3)24-41-35(38)26(4)21-36/h27-33,36H,2,4-24H2,1,3H3. The molecule has 0 radical (unpaired) electrons. The third-order valence-corrected chi connectivity index (χ3v) is 10.3. The van der Waals surface area contributed by atoms with E-state index < -0.39 is 18.5 Å². The van der Waals surface area contributed by atoms with Crippen molar-refractivity contribution in [2.75, 3.05) is 26.4 Å². The molecule has 6 heteroatoms. The molecule has 41 heavy (non-hydrogen) atoms. The number of rotatable bonds is 16. The summed E-state index contributed by atoms with van der Waals surface area (Å²) in [6.07, 6.45) is 21.1. The van der Waals surface area contributed by atoms with Gasteiger partial charge in [-0.05, 0) is 101 Å². The molecule has 1 N–H and O–H groups in total. The number of unbranched alkanes of at least 4 members (excludes halogenated alkanes) is 2. The summed E-state index contributed by atoms with van der Waals surface area (Å²) < 4.78 is 17.3. The van der Waals surface area contributed by atoms with Crippen LogP contribution in [0.3, 0.4) is 0 Å². The first-order chi connectivity index (χ1) is 19.8. The van der Waals surface area contributed by atoms with Crippen molar-refractivity contribution >= 4 is 11.9 Å². The zero-order chi connectivity index (χ0) is 29.6. The maximum atomic E-state index is 12.0. The van der Waals surface area contributed by atoms with E-state index in [0.29, 0.717) is 23.5 Å². The van der Waals surface area contributed by atoms with E-state index in [1.54, 1.807) is 6.92 Å². The fourth-order valence-electron chi connectivity index (χ4n) is 7.43. The SMILES string of the molecule is C=C(C)C(=O)OCC(COC(=O)C(=C)CO)C1CCC(COC2CCC(C3CCC(CCCCC)CC3)CC2)CC1. The average Bonchev–Trinajstić information content (AvgIpc) is 3.00. The molecular formula is C35H58O6. The average molecular weight is 575 g/mol. The summed E-state index contributed by atoms with van der Waals surface area (Å²) in [5.41, 5.74) is 0.386. The van der Waals surface area contributed by atoms with Gasteiger partial charge in [0.05, 0.1) is 31.5 Å². The first kappa shape index (κ1) is 33.8. The van der Waals surface area contributed by atoms with Crippen LogP contribution in [0, 0.1) is 35.5 Å². The highest BCUT2D eigenvalue weighted by molar-refractivity contribution is 5.88. The third-order valence-electron chi connectivity index (χ3n) is 10.3. The van der Waals surface area contributed by atoms with Gasteiger partial charge in [0, 0.05) is 18.1 Å². The summed E-state index contributed by atoms with van der Waals surface area (Å²) in [5, 5.41) is 9.15. The minimum atomic E-state index is -0.601. The lowest BCUT2D eigenvalue weighted by molar-refractivity contribution is -0.146. The Morgan fingerprint density at radius 3 is 1.90 bits per heavy atom. The van der Waals surface area contributed by atoms with Crippen molar-refractivity contribution in [3.8, 4) is 0 Å². The topological polar surface area (TPSA) is 82.1 Å². The predicted octanol–water partition coefficient (Wildman–Crippen LogP) is 7.58. The van der Waals surface area contributed by atoms with E-state index in [2.05, 4.69) is 20.1 Å². The van der Waals surface area contributed by atoms with Crippen molar-refractivity contribution in [1.82, 2.24) is 0 Å². The van der Waals surface area contributed by atoms with Gasteiger partial charge in [0.2, 0.25) is 0 Å². The number of esters is 2. The highest BCUT2D eigenvalue weighted by atomic mass is 16.5. The van der Waals surface area contributed by atoms with Gasteiger partial charge in [-0.3, -0.25) is 0 Å². The molecule has 0 aromatic heterocycles. The second-order valence-corrected chi connectivity index (χ2v) is 13.4. The second kappa shape index (κ2) is 18.1. The summed E-state index contributed by atoms with van der Waals surface area (Å²) in [7, 11) is 0. The molecule has 0 amide bonds. The molecule has 3 aliphatic carbocycles. The Morgan fingerprint density at radius 2 is 1.34 bits per heavy atom. The van der Waals surface area contributed by atoms with E-state index in [0.717, 1.165) is 50.0 Å². The second-order valence-electron chi connectivity index (χ2n) is 13.4. The number of carbonyl (C=O) groups is 2. The van der Waals surface area contributed by atoms with Gasteiger partial charge in [0.15, 0.2) is 0 Å². The van der Waals surface area contributed by atoms with E-state index in [-0.39, 0.29) is 24.7 Å². The van der Waals surface area contributed by atoms with E-state index in [9.17, 15) is 9.59 Å². The lowest BCUT2D eigenvalue weighted by Crippen LogP contribution is -2.33. The van der Waals surface area contributed by atoms with Crippen LogP contribution in [0.2, 0.25) is 0 Å². The van der Waals surface area contributed by atoms with Crippen molar-refractivity contribution in [3.05, 3.63) is 24.3 Å². The van der Waals surface area contributed by atoms with Crippen molar-refractivity contribution in [2.24, 2.45) is 35.5 Å². The quantitative estimate of drug-likeness (QED) is 0.116. The Balaban J connectivity index is 1.34. The molecule has 1 atom stereocenters. The van der Waals surface area contributed by atoms with Gasteiger partial charge in [-0.1, -0.05) is 58.6 Å². The van der Waals surface area contributed by atoms with E-state index in [4.69, 9.17) is 19.3 Å². The molecule has 0 spiro atoms. The highest BCUT2D eigenvalue weighted by Gasteiger charge is 2.33. The van der Waals surface area contributed by atoms with E-state index in [1.165, 1.54) is 77.0 Å². The molecule has 0 aromatic rings. The first-order valence-electron chi connectivity index (χ1n) is 16.7. The van der Waals surface area contributed by atoms with Gasteiger partial charge in [-0.15, -0.1) is 0 Å². The minimum Gasteiger partial charge on any atom is -0.462 e. The van der Waals surface area contributed by atoms with E-state index >= 15 is 0 Å². The fraction of sp³-hybridized carbons (Fsp3) is 0.829. The summed E-state index contributed by atoms with van der Waals surface area (Å²) in [4.78, 5) is 24.0. The first-order valence-corrected chi connectivity index (χ1v) is 16.7. The molecule has 234 valence electrons. The molecule has 3 rings (SSSR count). The maximum absolute atomic E-state index is 12.0. The lowest BCUT2D eigenvalue weighted by Gasteiger charge is -2.38. The summed E-state index contributed by atoms with van der Waals surface area (Å²) in [6, 6.07) is 0. The van der Waals surface area contributed by atoms with Crippen LogP contribution in [-0.4, -0.2) is 49.6 Å². The van der Waals surface area contributed by atoms with Crippen molar-refractivity contribution in [1.29, 1.82) is 0 Å². The third kappa shape index (κ3) is 11.5. The minimum absolute atomic E-state index is 0.0303. The molecule has 0 saturated heterocycles. The van der Waals surface area contributed by atoms with Crippen LogP contribution in [0.5, 0.6) is 0 Å². The van der Waals surface area contributed by atoms with Crippen LogP contribution in [0.15, 0.2) is 24.3 Å². The summed E-state index contributed by atoms with van der Waals surface area (Å²) >= 11 is 0. The van der Waals surface area contributed by atoms with Crippen molar-refractivity contribution in [3.63, 3.8) is 0 Å². The molecule has 0 aromatic carbocycles. The van der Waals surface area contributed by atoms with E-state index in [1.807, 2.05) is 0 Å². The Bertz CT molecular complexity index is 813. The van der Waals surface area contributed by atoms with Gasteiger partial charge in [0.1, 0.15) is 0 Å². The van der Waals surface area contributed by atoms with Gasteiger partial charge >= 0.3 is 11.9 Å². The monoisotopic (exact) mass is 574 g/mol. The number of ether oxygens (including phenoxy) is 3. The van der Waals surface area contributed by atoms with Crippen LogP contribution in [0.1, 0.15) is 117 Å². The number of carbonyl (C=O) groups excluding carboxylic acids is 2. The lowest BCUT2D eigenvalue weighted by atomic mass is 9.70. The molecule has 3 fully saturated rings. The molecular weight excluding hydrogens is 516 g/mol. The number of hydrogen-bond donors (Lipinski definition) is 1. The van der Waals surface area contributed by atoms with Crippen molar-refractivity contribution in [2.45, 2.75) is 123 Å². The maximum Gasteiger partial charge on any atom is 0.335 e. The number of aliphatic hydroxyl groups is 1. The zero-order valence-electron chi connectivity index (χ0n) is 26.1. The molecule has 3 aliphatic rings. The molecule has 1 unspecified atom stereocenters. The Hall–Kier alpha value is -1.66. The highest BCUT2D eigenvalue weighted by Crippen LogP contribution is 2.42. The molecule has 3 saturated carbocycles. The van der Waals surface area contributed by atoms with Gasteiger partial charge in [-0.25, -0.2) is 9.59 Å². The van der Waals surface area contributed by atoms with Crippen LogP contribution in [0.25, 0.3) is 0 Å². The van der Waals surface area contributed by atoms with Gasteiger partial charge < -0.3 is 19.3 Å². The Labute approximate surface area is 249 Å². The fourth-order valence-corrected chi connectivity index (χ4v) is 7.43. The van der Waals surface area contributed by atoms with Gasteiger partial charge in [-0.2, -0.15) is 0 Å². The number of hydrogen-bond acceptors (Lipinski definition) is 6. The molecule has 6 nitrogen and oxygen atoms in total. The predicted molar refractivity (Wildman–Crippen MR) is 163 cm³/mol. The summed E-state index contributed by atoms with van der Waals surface area (Å²) in [6.45, 7) is 11.9. The van der Waals surface area contributed by atoms with Crippen molar-refractivity contribution < 1.29 is 28.9 Å². The van der Waals surface area contributed by atoms with Crippen LogP contribution in [0.4, 0.5) is 0 Å². The molecule has 0 bridgehead atoms. The molecule has 0 heterocycles. The summed E-state index contributed by atoms with van der Waals surface area (Å²) in [5.74, 6) is 2.62.